The summed E-state index contributed by atoms with van der Waals surface area (Å²) in [6.07, 6.45) is 1.81. The number of ether oxygens (including phenoxy) is 1. The van der Waals surface area contributed by atoms with Gasteiger partial charge < -0.3 is 19.9 Å². The second kappa shape index (κ2) is 10.6. The smallest absolute Gasteiger partial charge is 0.318 e. The average Bonchev–Trinajstić information content (AvgIpc) is 3.49. The van der Waals surface area contributed by atoms with Crippen molar-refractivity contribution in [1.82, 2.24) is 15.1 Å². The van der Waals surface area contributed by atoms with E-state index in [0.717, 1.165) is 12.0 Å². The average molecular weight is 466 g/mol. The minimum Gasteiger partial charge on any atom is -0.486 e. The minimum absolute atomic E-state index is 0.102. The van der Waals surface area contributed by atoms with Crippen molar-refractivity contribution in [2.75, 3.05) is 19.7 Å². The van der Waals surface area contributed by atoms with Crippen LogP contribution in [0, 0.1) is 0 Å². The fourth-order valence-corrected chi connectivity index (χ4v) is 4.64. The predicted molar refractivity (Wildman–Crippen MR) is 128 cm³/mol. The number of para-hydroxylation sites is 1. The molecule has 0 bridgehead atoms. The summed E-state index contributed by atoms with van der Waals surface area (Å²) < 4.78 is 5.60. The number of nitrogens with zero attached hydrogens (tertiary/aromatic N) is 2. The second-order valence-corrected chi connectivity index (χ2v) is 8.74. The van der Waals surface area contributed by atoms with Crippen LogP contribution in [-0.4, -0.2) is 64.2 Å². The molecule has 0 saturated carbocycles. The molecular formula is C25H27N3O4S. The first-order valence-corrected chi connectivity index (χ1v) is 11.6. The Bertz CT molecular complexity index is 1010. The van der Waals surface area contributed by atoms with Gasteiger partial charge in [0.2, 0.25) is 0 Å². The number of Topliss-reactive ketones (excluding diaryl/α,β-unsaturated/α-hetero) is 1. The first kappa shape index (κ1) is 22.9. The molecule has 8 heteroatoms. The third-order valence-electron chi connectivity index (χ3n) is 6.03. The molecule has 2 aliphatic rings. The molecule has 4 rings (SSSR count). The van der Waals surface area contributed by atoms with E-state index in [2.05, 4.69) is 5.32 Å². The molecule has 0 aromatic heterocycles. The number of hydrogen-bond donors (Lipinski definition) is 1. The van der Waals surface area contributed by atoms with Gasteiger partial charge in [-0.25, -0.2) is 4.79 Å². The van der Waals surface area contributed by atoms with Crippen LogP contribution >= 0.6 is 12.2 Å². The summed E-state index contributed by atoms with van der Waals surface area (Å²) >= 11 is 5.47. The van der Waals surface area contributed by atoms with Gasteiger partial charge in [0.1, 0.15) is 18.4 Å². The van der Waals surface area contributed by atoms with E-state index >= 15 is 0 Å². The van der Waals surface area contributed by atoms with Gasteiger partial charge in [-0.3, -0.25) is 9.59 Å². The zero-order valence-corrected chi connectivity index (χ0v) is 19.1. The molecule has 0 spiro atoms. The number of thiocarbonyl (C=S) groups is 1. The Morgan fingerprint density at radius 3 is 2.39 bits per heavy atom. The van der Waals surface area contributed by atoms with Crippen LogP contribution in [0.4, 0.5) is 4.79 Å². The fourth-order valence-electron chi connectivity index (χ4n) is 4.32. The molecule has 3 amide bonds. The minimum atomic E-state index is -0.820. The lowest BCUT2D eigenvalue weighted by molar-refractivity contribution is -0.139. The zero-order valence-electron chi connectivity index (χ0n) is 18.3. The van der Waals surface area contributed by atoms with Crippen molar-refractivity contribution >= 4 is 34.8 Å². The number of likely N-dealkylation sites (tertiary alicyclic amines) is 2. The molecule has 2 saturated heterocycles. The Hall–Kier alpha value is -3.26. The number of carbonyl (C=O) groups is 3. The molecule has 2 fully saturated rings. The molecule has 2 aromatic rings. The van der Waals surface area contributed by atoms with Crippen LogP contribution in [-0.2, 0) is 16.1 Å². The summed E-state index contributed by atoms with van der Waals surface area (Å²) in [6.45, 7) is 1.12. The number of benzene rings is 2. The zero-order chi connectivity index (χ0) is 23.2. The van der Waals surface area contributed by atoms with E-state index in [0.29, 0.717) is 43.1 Å². The standard InChI is InChI=1S/C25H27N3O4S/c29-21(17-32-19-10-5-2-6-11-19)20-12-7-14-27(20)24(30)23-22(33)13-15-28(23)25(31)26-16-18-8-3-1-4-9-18/h1-6,8-11,20,23H,7,12-17H2,(H,26,31)/t20-,23-/m0/s1. The van der Waals surface area contributed by atoms with Crippen molar-refractivity contribution in [1.29, 1.82) is 0 Å². The molecule has 2 heterocycles. The molecule has 2 aliphatic heterocycles. The predicted octanol–water partition coefficient (Wildman–Crippen LogP) is 2.98. The topological polar surface area (TPSA) is 79.0 Å². The highest BCUT2D eigenvalue weighted by molar-refractivity contribution is 7.80. The lowest BCUT2D eigenvalue weighted by Crippen LogP contribution is -2.55. The molecule has 1 N–H and O–H groups in total. The summed E-state index contributed by atoms with van der Waals surface area (Å²) in [5, 5.41) is 2.88. The number of carbonyl (C=O) groups excluding carboxylic acids is 3. The Kier molecular flexibility index (Phi) is 7.34. The van der Waals surface area contributed by atoms with Crippen molar-refractivity contribution in [2.24, 2.45) is 0 Å². The van der Waals surface area contributed by atoms with Gasteiger partial charge in [0.05, 0.1) is 6.04 Å². The monoisotopic (exact) mass is 465 g/mol. The maximum absolute atomic E-state index is 13.5. The number of urea groups is 1. The van der Waals surface area contributed by atoms with Crippen molar-refractivity contribution in [3.8, 4) is 5.75 Å². The van der Waals surface area contributed by atoms with Crippen molar-refractivity contribution in [3.05, 3.63) is 66.2 Å². The van der Waals surface area contributed by atoms with Crippen LogP contribution < -0.4 is 10.1 Å². The van der Waals surface area contributed by atoms with E-state index in [9.17, 15) is 14.4 Å². The summed E-state index contributed by atoms with van der Waals surface area (Å²) in [5.74, 6) is 0.191. The van der Waals surface area contributed by atoms with E-state index in [-0.39, 0.29) is 24.3 Å². The van der Waals surface area contributed by atoms with Crippen molar-refractivity contribution < 1.29 is 19.1 Å². The van der Waals surface area contributed by atoms with Gasteiger partial charge in [0.15, 0.2) is 5.78 Å². The fraction of sp³-hybridized carbons (Fsp3) is 0.360. The quantitative estimate of drug-likeness (QED) is 0.636. The van der Waals surface area contributed by atoms with Crippen LogP contribution in [0.5, 0.6) is 5.75 Å². The largest absolute Gasteiger partial charge is 0.486 e. The van der Waals surface area contributed by atoms with E-state index < -0.39 is 12.1 Å². The molecule has 2 aromatic carbocycles. The van der Waals surface area contributed by atoms with Crippen LogP contribution in [0.1, 0.15) is 24.8 Å². The second-order valence-electron chi connectivity index (χ2n) is 8.21. The molecule has 0 aliphatic carbocycles. The Morgan fingerprint density at radius 2 is 1.67 bits per heavy atom. The molecule has 172 valence electrons. The Balaban J connectivity index is 1.39. The number of ketones is 1. The number of amides is 3. The number of hydrogen-bond acceptors (Lipinski definition) is 5. The third-order valence-corrected chi connectivity index (χ3v) is 6.46. The highest BCUT2D eigenvalue weighted by atomic mass is 32.1. The van der Waals surface area contributed by atoms with Gasteiger partial charge in [-0.1, -0.05) is 60.7 Å². The maximum Gasteiger partial charge on any atom is 0.318 e. The van der Waals surface area contributed by atoms with Gasteiger partial charge in [0, 0.05) is 24.5 Å². The lowest BCUT2D eigenvalue weighted by Gasteiger charge is -2.31. The molecule has 33 heavy (non-hydrogen) atoms. The normalized spacial score (nSPS) is 20.1. The van der Waals surface area contributed by atoms with E-state index in [4.69, 9.17) is 17.0 Å². The number of nitrogens with one attached hydrogen (secondary N) is 1. The highest BCUT2D eigenvalue weighted by Crippen LogP contribution is 2.25. The van der Waals surface area contributed by atoms with Gasteiger partial charge in [-0.15, -0.1) is 0 Å². The SMILES string of the molecule is O=C(COc1ccccc1)[C@@H]1CCCN1C(=O)[C@@H]1C(=S)CCN1C(=O)NCc1ccccc1. The van der Waals surface area contributed by atoms with Crippen LogP contribution in [0.3, 0.4) is 0 Å². The molecule has 0 unspecified atom stereocenters. The third kappa shape index (κ3) is 5.39. The summed E-state index contributed by atoms with van der Waals surface area (Å²) in [7, 11) is 0. The number of rotatable bonds is 7. The van der Waals surface area contributed by atoms with Crippen LogP contribution in [0.25, 0.3) is 0 Å². The van der Waals surface area contributed by atoms with E-state index in [1.165, 1.54) is 4.90 Å². The summed E-state index contributed by atoms with van der Waals surface area (Å²) in [4.78, 5) is 42.8. The molecule has 2 atom stereocenters. The molecule has 7 nitrogen and oxygen atoms in total. The van der Waals surface area contributed by atoms with Crippen LogP contribution in [0.15, 0.2) is 60.7 Å². The van der Waals surface area contributed by atoms with Crippen LogP contribution in [0.2, 0.25) is 0 Å². The molecular weight excluding hydrogens is 438 g/mol. The Morgan fingerprint density at radius 1 is 0.970 bits per heavy atom. The van der Waals surface area contributed by atoms with E-state index in [1.807, 2.05) is 48.5 Å². The van der Waals surface area contributed by atoms with Gasteiger partial charge in [-0.05, 0) is 37.0 Å². The van der Waals surface area contributed by atoms with E-state index in [1.54, 1.807) is 17.0 Å². The Labute approximate surface area is 198 Å². The van der Waals surface area contributed by atoms with Gasteiger partial charge >= 0.3 is 6.03 Å². The van der Waals surface area contributed by atoms with Crippen molar-refractivity contribution in [3.63, 3.8) is 0 Å². The highest BCUT2D eigenvalue weighted by Gasteiger charge is 2.44. The van der Waals surface area contributed by atoms with Crippen molar-refractivity contribution in [2.45, 2.75) is 37.9 Å². The maximum atomic E-state index is 13.5. The first-order chi connectivity index (χ1) is 16.0. The van der Waals surface area contributed by atoms with Gasteiger partial charge in [-0.2, -0.15) is 0 Å². The lowest BCUT2D eigenvalue weighted by atomic mass is 10.1. The molecule has 0 radical (unpaired) electrons. The first-order valence-electron chi connectivity index (χ1n) is 11.2. The summed E-state index contributed by atoms with van der Waals surface area (Å²) in [5.41, 5.74) is 0.971. The summed E-state index contributed by atoms with van der Waals surface area (Å²) in [6, 6.07) is 17.0. The van der Waals surface area contributed by atoms with Gasteiger partial charge in [0.25, 0.3) is 5.91 Å².